The lowest BCUT2D eigenvalue weighted by molar-refractivity contribution is -0.593. The summed E-state index contributed by atoms with van der Waals surface area (Å²) in [6, 6.07) is 6.02. The molecule has 0 spiro atoms. The topological polar surface area (TPSA) is 42.5 Å². The van der Waals surface area contributed by atoms with Crippen molar-refractivity contribution in [1.29, 1.82) is 0 Å². The summed E-state index contributed by atoms with van der Waals surface area (Å²) in [5, 5.41) is 0.915. The minimum atomic E-state index is 0.795. The Labute approximate surface area is 110 Å². The van der Waals surface area contributed by atoms with E-state index in [1.54, 1.807) is 28.9 Å². The van der Waals surface area contributed by atoms with Crippen molar-refractivity contribution in [2.45, 2.75) is 0 Å². The van der Waals surface area contributed by atoms with E-state index in [0.717, 1.165) is 21.0 Å². The lowest BCUT2D eigenvalue weighted by atomic mass is 10.4. The van der Waals surface area contributed by atoms with Crippen LogP contribution >= 0.6 is 22.7 Å². The first-order chi connectivity index (χ1) is 8.90. The summed E-state index contributed by atoms with van der Waals surface area (Å²) in [6.45, 7) is 0. The standard InChI is InChI=1S/C12H7N4S2/c1-2-10-11(13-4-1)15-12(18-10)16-5-3-9-8(6-16)14-7-17-9/h1-7H/q+1. The second-order valence-electron chi connectivity index (χ2n) is 3.78. The highest BCUT2D eigenvalue weighted by molar-refractivity contribution is 7.20. The van der Waals surface area contributed by atoms with Gasteiger partial charge in [-0.1, -0.05) is 0 Å². The largest absolute Gasteiger partial charge is 0.389 e. The summed E-state index contributed by atoms with van der Waals surface area (Å²) in [7, 11) is 0. The average Bonchev–Trinajstić information content (AvgIpc) is 3.04. The number of fused-ring (bicyclic) bond motifs is 2. The van der Waals surface area contributed by atoms with Gasteiger partial charge in [-0.2, -0.15) is 4.57 Å². The fraction of sp³-hybridized carbons (Fsp3) is 0. The number of hydrogen-bond acceptors (Lipinski definition) is 5. The quantitative estimate of drug-likeness (QED) is 0.500. The van der Waals surface area contributed by atoms with Gasteiger partial charge in [-0.05, 0) is 34.5 Å². The maximum absolute atomic E-state index is 4.52. The van der Waals surface area contributed by atoms with Crippen molar-refractivity contribution in [2.75, 3.05) is 0 Å². The highest BCUT2D eigenvalue weighted by Gasteiger charge is 2.16. The van der Waals surface area contributed by atoms with E-state index in [1.165, 1.54) is 4.70 Å². The van der Waals surface area contributed by atoms with E-state index in [0.29, 0.717) is 0 Å². The van der Waals surface area contributed by atoms with Gasteiger partial charge in [0.2, 0.25) is 0 Å². The molecule has 0 unspecified atom stereocenters. The van der Waals surface area contributed by atoms with Crippen LogP contribution in [-0.2, 0) is 0 Å². The zero-order valence-electron chi connectivity index (χ0n) is 9.15. The molecule has 0 aliphatic heterocycles. The number of rotatable bonds is 1. The Morgan fingerprint density at radius 1 is 1.11 bits per heavy atom. The van der Waals surface area contributed by atoms with Gasteiger partial charge in [-0.3, -0.25) is 0 Å². The molecule has 0 aromatic carbocycles. The molecule has 0 saturated carbocycles. The Hall–Kier alpha value is -1.92. The maximum Gasteiger partial charge on any atom is 0.389 e. The fourth-order valence-corrected chi connectivity index (χ4v) is 3.32. The molecule has 0 fully saturated rings. The van der Waals surface area contributed by atoms with Gasteiger partial charge >= 0.3 is 5.13 Å². The van der Waals surface area contributed by atoms with Crippen LogP contribution in [0.4, 0.5) is 0 Å². The summed E-state index contributed by atoms with van der Waals surface area (Å²) in [6.07, 6.45) is 5.78. The fourth-order valence-electron chi connectivity index (χ4n) is 1.80. The molecule has 0 aliphatic rings. The summed E-state index contributed by atoms with van der Waals surface area (Å²) in [4.78, 5) is 13.1. The normalized spacial score (nSPS) is 11.3. The van der Waals surface area contributed by atoms with E-state index in [9.17, 15) is 0 Å². The molecule has 0 atom stereocenters. The summed E-state index contributed by atoms with van der Waals surface area (Å²) in [5.74, 6) is 0. The second kappa shape index (κ2) is 3.79. The Balaban J connectivity index is 1.94. The highest BCUT2D eigenvalue weighted by atomic mass is 32.1. The zero-order valence-corrected chi connectivity index (χ0v) is 10.8. The molecule has 18 heavy (non-hydrogen) atoms. The van der Waals surface area contributed by atoms with E-state index in [4.69, 9.17) is 0 Å². The third kappa shape index (κ3) is 1.50. The van der Waals surface area contributed by atoms with Crippen molar-refractivity contribution in [3.8, 4) is 5.13 Å². The second-order valence-corrected chi connectivity index (χ2v) is 5.67. The molecule has 0 bridgehead atoms. The third-order valence-electron chi connectivity index (χ3n) is 2.65. The first-order valence-electron chi connectivity index (χ1n) is 5.36. The maximum atomic E-state index is 4.52. The van der Waals surface area contributed by atoms with Crippen molar-refractivity contribution in [1.82, 2.24) is 15.0 Å². The molecule has 0 amide bonds. The molecule has 0 aliphatic carbocycles. The van der Waals surface area contributed by atoms with E-state index < -0.39 is 0 Å². The third-order valence-corrected chi connectivity index (χ3v) is 4.48. The molecule has 4 heterocycles. The molecule has 6 heteroatoms. The van der Waals surface area contributed by atoms with Crippen molar-refractivity contribution in [2.24, 2.45) is 0 Å². The Morgan fingerprint density at radius 2 is 2.11 bits per heavy atom. The molecule has 4 aromatic heterocycles. The molecule has 0 N–H and O–H groups in total. The van der Waals surface area contributed by atoms with Gasteiger partial charge < -0.3 is 0 Å². The Morgan fingerprint density at radius 3 is 3.06 bits per heavy atom. The lowest BCUT2D eigenvalue weighted by Crippen LogP contribution is -2.28. The summed E-state index contributed by atoms with van der Waals surface area (Å²) in [5.41, 5.74) is 3.65. The monoisotopic (exact) mass is 271 g/mol. The zero-order chi connectivity index (χ0) is 11.9. The minimum Gasteiger partial charge on any atom is -0.241 e. The highest BCUT2D eigenvalue weighted by Crippen LogP contribution is 2.20. The molecule has 0 radical (unpaired) electrons. The Bertz CT molecular complexity index is 816. The number of nitrogens with zero attached hydrogens (tertiary/aromatic N) is 4. The summed E-state index contributed by atoms with van der Waals surface area (Å²) >= 11 is 3.27. The van der Waals surface area contributed by atoms with Gasteiger partial charge in [0.1, 0.15) is 16.4 Å². The molecule has 4 nitrogen and oxygen atoms in total. The van der Waals surface area contributed by atoms with E-state index >= 15 is 0 Å². The van der Waals surface area contributed by atoms with E-state index in [-0.39, 0.29) is 0 Å². The smallest absolute Gasteiger partial charge is 0.241 e. The van der Waals surface area contributed by atoms with E-state index in [1.807, 2.05) is 34.6 Å². The van der Waals surface area contributed by atoms with Crippen LogP contribution in [0.1, 0.15) is 0 Å². The molecule has 86 valence electrons. The van der Waals surface area contributed by atoms with Crippen LogP contribution < -0.4 is 4.57 Å². The van der Waals surface area contributed by atoms with Gasteiger partial charge in [-0.25, -0.2) is 9.97 Å². The van der Waals surface area contributed by atoms with Crippen molar-refractivity contribution in [3.05, 3.63) is 42.3 Å². The minimum absolute atomic E-state index is 0.795. The summed E-state index contributed by atoms with van der Waals surface area (Å²) < 4.78 is 4.28. The van der Waals surface area contributed by atoms with Crippen molar-refractivity contribution in [3.63, 3.8) is 0 Å². The van der Waals surface area contributed by atoms with Crippen LogP contribution in [0.25, 0.3) is 25.7 Å². The van der Waals surface area contributed by atoms with Gasteiger partial charge in [0.15, 0.2) is 0 Å². The lowest BCUT2D eigenvalue weighted by Gasteiger charge is -1.91. The van der Waals surface area contributed by atoms with Gasteiger partial charge in [-0.15, -0.1) is 11.3 Å². The molecule has 4 rings (SSSR count). The van der Waals surface area contributed by atoms with Gasteiger partial charge in [0, 0.05) is 6.20 Å². The van der Waals surface area contributed by atoms with Crippen LogP contribution in [0, 0.1) is 0 Å². The predicted octanol–water partition coefficient (Wildman–Crippen LogP) is 2.58. The number of hydrogen-bond donors (Lipinski definition) is 0. The van der Waals surface area contributed by atoms with Crippen molar-refractivity contribution >= 4 is 43.2 Å². The van der Waals surface area contributed by atoms with Crippen LogP contribution in [0.2, 0.25) is 0 Å². The first kappa shape index (κ1) is 10.0. The average molecular weight is 271 g/mol. The van der Waals surface area contributed by atoms with E-state index in [2.05, 4.69) is 21.0 Å². The molecule has 0 saturated heterocycles. The Kier molecular flexibility index (Phi) is 2.12. The molecular formula is C12H7N4S2+. The van der Waals surface area contributed by atoms with Crippen LogP contribution in [0.5, 0.6) is 0 Å². The van der Waals surface area contributed by atoms with Gasteiger partial charge in [0.25, 0.3) is 5.65 Å². The molecule has 4 aromatic rings. The number of pyridine rings is 2. The first-order valence-corrected chi connectivity index (χ1v) is 7.06. The predicted molar refractivity (Wildman–Crippen MR) is 72.1 cm³/mol. The SMILES string of the molecule is c1cnc2nc(-[n+]3ccc4scnc4c3)sc2c1. The van der Waals surface area contributed by atoms with Crippen LogP contribution in [0.3, 0.4) is 0 Å². The number of thiazole rings is 2. The van der Waals surface area contributed by atoms with Crippen molar-refractivity contribution < 1.29 is 4.57 Å². The van der Waals surface area contributed by atoms with Gasteiger partial charge in [0.05, 0.1) is 16.4 Å². The number of aromatic nitrogens is 4. The van der Waals surface area contributed by atoms with Crippen LogP contribution in [-0.4, -0.2) is 15.0 Å². The van der Waals surface area contributed by atoms with Crippen LogP contribution in [0.15, 0.2) is 42.3 Å². The molecular weight excluding hydrogens is 264 g/mol.